The molecule has 0 atom stereocenters. The largest absolute Gasteiger partial charge is 0.504 e. The van der Waals surface area contributed by atoms with E-state index in [0.29, 0.717) is 0 Å². The van der Waals surface area contributed by atoms with Crippen molar-refractivity contribution in [2.45, 2.75) is 6.42 Å². The summed E-state index contributed by atoms with van der Waals surface area (Å²) >= 11 is 0. The SMILES string of the molecule is Oc1ccc(CCN[Si])cc1O. The van der Waals surface area contributed by atoms with E-state index in [1.54, 1.807) is 12.1 Å². The van der Waals surface area contributed by atoms with E-state index in [4.69, 9.17) is 10.2 Å². The van der Waals surface area contributed by atoms with Crippen molar-refractivity contribution in [3.8, 4) is 11.5 Å². The van der Waals surface area contributed by atoms with Gasteiger partial charge in [-0.15, -0.1) is 0 Å². The first kappa shape index (κ1) is 9.09. The fraction of sp³-hybridized carbons (Fsp3) is 0.250. The summed E-state index contributed by atoms with van der Waals surface area (Å²) in [5.74, 6) is -0.147. The molecule has 0 fully saturated rings. The molecule has 0 saturated carbocycles. The van der Waals surface area contributed by atoms with E-state index in [1.807, 2.05) is 0 Å². The highest BCUT2D eigenvalue weighted by Crippen LogP contribution is 2.24. The third-order valence-corrected chi connectivity index (χ3v) is 1.83. The lowest BCUT2D eigenvalue weighted by Gasteiger charge is -2.02. The van der Waals surface area contributed by atoms with Crippen molar-refractivity contribution in [3.63, 3.8) is 0 Å². The summed E-state index contributed by atoms with van der Waals surface area (Å²) in [5.41, 5.74) is 0.982. The molecule has 0 bridgehead atoms. The van der Waals surface area contributed by atoms with E-state index in [-0.39, 0.29) is 11.5 Å². The Balaban J connectivity index is 2.69. The molecule has 1 aromatic carbocycles. The zero-order chi connectivity index (χ0) is 8.97. The van der Waals surface area contributed by atoms with E-state index >= 15 is 0 Å². The number of nitrogens with one attached hydrogen (secondary N) is 1. The topological polar surface area (TPSA) is 52.5 Å². The fourth-order valence-corrected chi connectivity index (χ4v) is 1.06. The molecule has 0 amide bonds. The number of benzene rings is 1. The van der Waals surface area contributed by atoms with Crippen LogP contribution in [0.4, 0.5) is 0 Å². The molecule has 0 aliphatic heterocycles. The van der Waals surface area contributed by atoms with Crippen LogP contribution in [0.1, 0.15) is 5.56 Å². The number of hydrogen-bond acceptors (Lipinski definition) is 3. The number of phenolic OH excluding ortho intramolecular Hbond substituents is 2. The van der Waals surface area contributed by atoms with Gasteiger partial charge in [0.05, 0.1) is 0 Å². The van der Waals surface area contributed by atoms with Crippen molar-refractivity contribution >= 4 is 10.4 Å². The molecule has 3 nitrogen and oxygen atoms in total. The molecule has 1 rings (SSSR count). The number of hydrogen-bond donors (Lipinski definition) is 3. The lowest BCUT2D eigenvalue weighted by Crippen LogP contribution is -2.12. The van der Waals surface area contributed by atoms with Gasteiger partial charge in [0.15, 0.2) is 11.5 Å². The molecule has 0 aliphatic rings. The number of phenols is 2. The van der Waals surface area contributed by atoms with Crippen LogP contribution in [-0.4, -0.2) is 27.2 Å². The summed E-state index contributed by atoms with van der Waals surface area (Å²) in [5, 5.41) is 18.1. The Bertz CT molecular complexity index is 265. The van der Waals surface area contributed by atoms with Crippen molar-refractivity contribution < 1.29 is 10.2 Å². The standard InChI is InChI=1S/C8H10NO2Si/c10-7-2-1-6(3-4-9-12)5-8(7)11/h1-2,5,9-11H,3-4H2. The zero-order valence-corrected chi connectivity index (χ0v) is 7.54. The highest BCUT2D eigenvalue weighted by atomic mass is 28.2. The van der Waals surface area contributed by atoms with Gasteiger partial charge in [0.2, 0.25) is 0 Å². The van der Waals surface area contributed by atoms with Crippen molar-refractivity contribution in [1.29, 1.82) is 0 Å². The summed E-state index contributed by atoms with van der Waals surface area (Å²) < 4.78 is 0. The monoisotopic (exact) mass is 180 g/mol. The molecule has 3 N–H and O–H groups in total. The van der Waals surface area contributed by atoms with Gasteiger partial charge < -0.3 is 15.2 Å². The Morgan fingerprint density at radius 1 is 1.25 bits per heavy atom. The van der Waals surface area contributed by atoms with Crippen LogP contribution in [0.5, 0.6) is 11.5 Å². The van der Waals surface area contributed by atoms with Crippen molar-refractivity contribution in [2.24, 2.45) is 0 Å². The zero-order valence-electron chi connectivity index (χ0n) is 6.54. The molecule has 1 aromatic rings. The van der Waals surface area contributed by atoms with Crippen LogP contribution in [-0.2, 0) is 6.42 Å². The normalized spacial score (nSPS) is 10.1. The summed E-state index contributed by atoms with van der Waals surface area (Å²) in [6, 6.07) is 4.82. The first-order chi connectivity index (χ1) is 5.74. The van der Waals surface area contributed by atoms with E-state index in [1.165, 1.54) is 6.07 Å². The molecule has 63 valence electrons. The average molecular weight is 180 g/mol. The Kier molecular flexibility index (Phi) is 3.13. The van der Waals surface area contributed by atoms with E-state index in [2.05, 4.69) is 15.4 Å². The van der Waals surface area contributed by atoms with Gasteiger partial charge in [-0.25, -0.2) is 0 Å². The Morgan fingerprint density at radius 3 is 2.58 bits per heavy atom. The van der Waals surface area contributed by atoms with Gasteiger partial charge in [0, 0.05) is 0 Å². The van der Waals surface area contributed by atoms with Gasteiger partial charge in [0.1, 0.15) is 10.4 Å². The summed E-state index contributed by atoms with van der Waals surface area (Å²) in [6.45, 7) is 0.779. The highest BCUT2D eigenvalue weighted by molar-refractivity contribution is 6.04. The molecular weight excluding hydrogens is 170 g/mol. The lowest BCUT2D eigenvalue weighted by molar-refractivity contribution is 0.403. The Labute approximate surface area is 74.6 Å². The van der Waals surface area contributed by atoms with Gasteiger partial charge in [-0.1, -0.05) is 6.07 Å². The molecule has 0 aliphatic carbocycles. The third kappa shape index (κ3) is 2.25. The number of aromatic hydroxyl groups is 2. The minimum atomic E-state index is -0.0786. The van der Waals surface area contributed by atoms with E-state index in [9.17, 15) is 0 Å². The minimum Gasteiger partial charge on any atom is -0.504 e. The maximum absolute atomic E-state index is 9.12. The van der Waals surface area contributed by atoms with Gasteiger partial charge in [-0.3, -0.25) is 0 Å². The van der Waals surface area contributed by atoms with Crippen LogP contribution in [0.3, 0.4) is 0 Å². The van der Waals surface area contributed by atoms with Crippen LogP contribution in [0, 0.1) is 0 Å². The first-order valence-electron chi connectivity index (χ1n) is 3.64. The maximum Gasteiger partial charge on any atom is 0.157 e. The van der Waals surface area contributed by atoms with Crippen LogP contribution in [0.25, 0.3) is 0 Å². The molecule has 0 spiro atoms. The van der Waals surface area contributed by atoms with Crippen molar-refractivity contribution in [2.75, 3.05) is 6.54 Å². The molecule has 0 saturated heterocycles. The first-order valence-corrected chi connectivity index (χ1v) is 4.14. The fourth-order valence-electron chi connectivity index (χ4n) is 0.931. The molecule has 0 unspecified atom stereocenters. The minimum absolute atomic E-state index is 0.0681. The van der Waals surface area contributed by atoms with Gasteiger partial charge >= 0.3 is 0 Å². The number of rotatable bonds is 3. The Hall–Kier alpha value is -1.00. The van der Waals surface area contributed by atoms with Gasteiger partial charge in [-0.2, -0.15) is 0 Å². The van der Waals surface area contributed by atoms with Crippen LogP contribution in [0.15, 0.2) is 18.2 Å². The second kappa shape index (κ2) is 4.13. The smallest absolute Gasteiger partial charge is 0.157 e. The molecular formula is C8H10NO2Si. The van der Waals surface area contributed by atoms with Gasteiger partial charge in [0.25, 0.3) is 0 Å². The van der Waals surface area contributed by atoms with Crippen LogP contribution in [0.2, 0.25) is 0 Å². The predicted octanol–water partition coefficient (Wildman–Crippen LogP) is 0.313. The molecule has 0 aromatic heterocycles. The van der Waals surface area contributed by atoms with Crippen LogP contribution < -0.4 is 4.98 Å². The predicted molar refractivity (Wildman–Crippen MR) is 47.2 cm³/mol. The molecule has 12 heavy (non-hydrogen) atoms. The van der Waals surface area contributed by atoms with Gasteiger partial charge in [-0.05, 0) is 30.7 Å². The van der Waals surface area contributed by atoms with Crippen LogP contribution >= 0.6 is 0 Å². The van der Waals surface area contributed by atoms with Crippen molar-refractivity contribution in [1.82, 2.24) is 4.98 Å². The molecule has 4 heteroatoms. The molecule has 3 radical (unpaired) electrons. The summed E-state index contributed by atoms with van der Waals surface area (Å²) in [7, 11) is 3.12. The van der Waals surface area contributed by atoms with E-state index in [0.717, 1.165) is 18.5 Å². The third-order valence-electron chi connectivity index (χ3n) is 1.58. The van der Waals surface area contributed by atoms with Crippen molar-refractivity contribution in [3.05, 3.63) is 23.8 Å². The Morgan fingerprint density at radius 2 is 2.00 bits per heavy atom. The molecule has 0 heterocycles. The summed E-state index contributed by atoms with van der Waals surface area (Å²) in [4.78, 5) is 2.81. The average Bonchev–Trinajstić information content (AvgIpc) is 2.07. The second-order valence-corrected chi connectivity index (χ2v) is 2.85. The highest BCUT2D eigenvalue weighted by Gasteiger charge is 1.99. The quantitative estimate of drug-likeness (QED) is 0.463. The van der Waals surface area contributed by atoms with E-state index < -0.39 is 0 Å². The summed E-state index contributed by atoms with van der Waals surface area (Å²) in [6.07, 6.45) is 0.803. The second-order valence-electron chi connectivity index (χ2n) is 2.50. The lowest BCUT2D eigenvalue weighted by atomic mass is 10.1. The maximum atomic E-state index is 9.12.